The first kappa shape index (κ1) is 18.9. The van der Waals surface area contributed by atoms with Gasteiger partial charge in [-0.15, -0.1) is 0 Å². The van der Waals surface area contributed by atoms with Crippen molar-refractivity contribution in [2.45, 2.75) is 13.3 Å². The number of hydrogen-bond acceptors (Lipinski definition) is 6. The molecule has 0 bridgehead atoms. The number of carbonyl (C=O) groups excluding carboxylic acids is 1. The SMILES string of the molecule is CCc1ccccc1Nc1cnc(C(=O)N2CCN(c3ccccn3)CC2)cn1. The van der Waals surface area contributed by atoms with Crippen molar-refractivity contribution in [2.75, 3.05) is 36.4 Å². The zero-order valence-electron chi connectivity index (χ0n) is 16.5. The Balaban J connectivity index is 1.37. The number of pyridine rings is 1. The summed E-state index contributed by atoms with van der Waals surface area (Å²) in [7, 11) is 0. The van der Waals surface area contributed by atoms with Crippen LogP contribution in [0.1, 0.15) is 23.0 Å². The third kappa shape index (κ3) is 4.34. The highest BCUT2D eigenvalue weighted by molar-refractivity contribution is 5.92. The summed E-state index contributed by atoms with van der Waals surface area (Å²) in [6, 6.07) is 14.0. The minimum Gasteiger partial charge on any atom is -0.353 e. The van der Waals surface area contributed by atoms with Crippen LogP contribution >= 0.6 is 0 Å². The molecule has 7 heteroatoms. The molecule has 1 N–H and O–H groups in total. The van der Waals surface area contributed by atoms with E-state index >= 15 is 0 Å². The lowest BCUT2D eigenvalue weighted by atomic mass is 10.1. The molecule has 3 aromatic rings. The van der Waals surface area contributed by atoms with E-state index in [0.717, 1.165) is 31.0 Å². The summed E-state index contributed by atoms with van der Waals surface area (Å²) in [5.74, 6) is 1.49. The van der Waals surface area contributed by atoms with Crippen LogP contribution < -0.4 is 10.2 Å². The Labute approximate surface area is 170 Å². The smallest absolute Gasteiger partial charge is 0.274 e. The van der Waals surface area contributed by atoms with E-state index in [0.29, 0.717) is 24.6 Å². The summed E-state index contributed by atoms with van der Waals surface area (Å²) in [4.78, 5) is 29.9. The standard InChI is InChI=1S/C22H24N6O/c1-2-17-7-3-4-8-18(17)26-20-16-24-19(15-25-20)22(29)28-13-11-27(12-14-28)21-9-5-6-10-23-21/h3-10,15-16H,2,11-14H2,1H3,(H,25,26). The quantitative estimate of drug-likeness (QED) is 0.724. The van der Waals surface area contributed by atoms with E-state index in [1.165, 1.54) is 5.56 Å². The van der Waals surface area contributed by atoms with E-state index in [1.807, 2.05) is 41.3 Å². The summed E-state index contributed by atoms with van der Waals surface area (Å²) in [6.45, 7) is 4.90. The van der Waals surface area contributed by atoms with Crippen LogP contribution in [0.2, 0.25) is 0 Å². The van der Waals surface area contributed by atoms with Crippen molar-refractivity contribution in [2.24, 2.45) is 0 Å². The highest BCUT2D eigenvalue weighted by Crippen LogP contribution is 2.20. The predicted molar refractivity (Wildman–Crippen MR) is 113 cm³/mol. The second-order valence-corrected chi connectivity index (χ2v) is 6.89. The number of amides is 1. The van der Waals surface area contributed by atoms with Gasteiger partial charge in [-0.2, -0.15) is 0 Å². The maximum absolute atomic E-state index is 12.8. The van der Waals surface area contributed by atoms with Crippen molar-refractivity contribution >= 4 is 23.2 Å². The van der Waals surface area contributed by atoms with Gasteiger partial charge in [0.15, 0.2) is 0 Å². The number of benzene rings is 1. The van der Waals surface area contributed by atoms with Crippen LogP contribution in [0.3, 0.4) is 0 Å². The molecule has 0 unspecified atom stereocenters. The van der Waals surface area contributed by atoms with Gasteiger partial charge in [0.2, 0.25) is 0 Å². The highest BCUT2D eigenvalue weighted by Gasteiger charge is 2.23. The first-order valence-electron chi connectivity index (χ1n) is 9.87. The molecule has 7 nitrogen and oxygen atoms in total. The van der Waals surface area contributed by atoms with E-state index in [4.69, 9.17) is 0 Å². The Morgan fingerprint density at radius 1 is 0.966 bits per heavy atom. The van der Waals surface area contributed by atoms with E-state index in [1.54, 1.807) is 18.6 Å². The average molecular weight is 388 g/mol. The van der Waals surface area contributed by atoms with Crippen LogP contribution in [0.15, 0.2) is 61.1 Å². The topological polar surface area (TPSA) is 74.2 Å². The number of rotatable bonds is 5. The van der Waals surface area contributed by atoms with Gasteiger partial charge in [-0.3, -0.25) is 4.79 Å². The Kier molecular flexibility index (Phi) is 5.65. The molecule has 1 aromatic carbocycles. The maximum Gasteiger partial charge on any atom is 0.274 e. The van der Waals surface area contributed by atoms with Gasteiger partial charge < -0.3 is 15.1 Å². The van der Waals surface area contributed by atoms with E-state index in [2.05, 4.69) is 38.2 Å². The second-order valence-electron chi connectivity index (χ2n) is 6.89. The van der Waals surface area contributed by atoms with Crippen LogP contribution in [-0.2, 0) is 6.42 Å². The summed E-state index contributed by atoms with van der Waals surface area (Å²) in [5, 5.41) is 3.28. The average Bonchev–Trinajstić information content (AvgIpc) is 2.80. The number of piperazine rings is 1. The molecule has 1 aliphatic rings. The summed E-state index contributed by atoms with van der Waals surface area (Å²) < 4.78 is 0. The Bertz CT molecular complexity index is 953. The van der Waals surface area contributed by atoms with Crippen molar-refractivity contribution in [3.05, 3.63) is 72.3 Å². The summed E-state index contributed by atoms with van der Waals surface area (Å²) in [5.41, 5.74) is 2.58. The van der Waals surface area contributed by atoms with Gasteiger partial charge in [-0.1, -0.05) is 31.2 Å². The molecule has 29 heavy (non-hydrogen) atoms. The molecule has 1 aliphatic heterocycles. The Morgan fingerprint density at radius 3 is 2.45 bits per heavy atom. The number of anilines is 3. The first-order valence-corrected chi connectivity index (χ1v) is 9.87. The maximum atomic E-state index is 12.8. The van der Waals surface area contributed by atoms with E-state index in [9.17, 15) is 4.79 Å². The zero-order chi connectivity index (χ0) is 20.1. The van der Waals surface area contributed by atoms with Crippen LogP contribution in [-0.4, -0.2) is 51.9 Å². The molecule has 0 atom stereocenters. The number of aryl methyl sites for hydroxylation is 1. The molecule has 2 aromatic heterocycles. The van der Waals surface area contributed by atoms with Crippen molar-refractivity contribution < 1.29 is 4.79 Å². The van der Waals surface area contributed by atoms with Gasteiger partial charge in [0.05, 0.1) is 12.4 Å². The Hall–Kier alpha value is -3.48. The molecule has 1 amide bonds. The minimum absolute atomic E-state index is 0.0846. The lowest BCUT2D eigenvalue weighted by Crippen LogP contribution is -2.49. The monoisotopic (exact) mass is 388 g/mol. The second kappa shape index (κ2) is 8.68. The van der Waals surface area contributed by atoms with Crippen molar-refractivity contribution in [3.63, 3.8) is 0 Å². The fourth-order valence-electron chi connectivity index (χ4n) is 3.43. The van der Waals surface area contributed by atoms with Crippen molar-refractivity contribution in [1.82, 2.24) is 19.9 Å². The third-order valence-corrected chi connectivity index (χ3v) is 5.07. The molecule has 148 valence electrons. The molecule has 0 aliphatic carbocycles. The van der Waals surface area contributed by atoms with Crippen LogP contribution in [0, 0.1) is 0 Å². The molecule has 3 heterocycles. The predicted octanol–water partition coefficient (Wildman–Crippen LogP) is 3.14. The summed E-state index contributed by atoms with van der Waals surface area (Å²) >= 11 is 0. The molecule has 1 fully saturated rings. The number of para-hydroxylation sites is 1. The third-order valence-electron chi connectivity index (χ3n) is 5.07. The Morgan fingerprint density at radius 2 is 1.76 bits per heavy atom. The zero-order valence-corrected chi connectivity index (χ0v) is 16.5. The van der Waals surface area contributed by atoms with Gasteiger partial charge >= 0.3 is 0 Å². The number of hydrogen-bond donors (Lipinski definition) is 1. The van der Waals surface area contributed by atoms with Crippen molar-refractivity contribution in [3.8, 4) is 0 Å². The largest absolute Gasteiger partial charge is 0.353 e. The fourth-order valence-corrected chi connectivity index (χ4v) is 3.43. The lowest BCUT2D eigenvalue weighted by molar-refractivity contribution is 0.0740. The summed E-state index contributed by atoms with van der Waals surface area (Å²) in [6.07, 6.45) is 5.88. The van der Waals surface area contributed by atoms with Gasteiger partial charge in [0, 0.05) is 38.1 Å². The number of aromatic nitrogens is 3. The lowest BCUT2D eigenvalue weighted by Gasteiger charge is -2.35. The molecule has 0 saturated carbocycles. The van der Waals surface area contributed by atoms with E-state index in [-0.39, 0.29) is 5.91 Å². The highest BCUT2D eigenvalue weighted by atomic mass is 16.2. The van der Waals surface area contributed by atoms with Gasteiger partial charge in [0.1, 0.15) is 17.3 Å². The fraction of sp³-hybridized carbons (Fsp3) is 0.273. The van der Waals surface area contributed by atoms with Crippen LogP contribution in [0.25, 0.3) is 0 Å². The molecule has 0 radical (unpaired) electrons. The molecular weight excluding hydrogens is 364 g/mol. The molecule has 4 rings (SSSR count). The molecule has 1 saturated heterocycles. The van der Waals surface area contributed by atoms with Gasteiger partial charge in [-0.25, -0.2) is 15.0 Å². The van der Waals surface area contributed by atoms with Gasteiger partial charge in [-0.05, 0) is 30.2 Å². The van der Waals surface area contributed by atoms with Gasteiger partial charge in [0.25, 0.3) is 5.91 Å². The van der Waals surface area contributed by atoms with Crippen LogP contribution in [0.4, 0.5) is 17.3 Å². The number of nitrogens with zero attached hydrogens (tertiary/aromatic N) is 5. The number of carbonyl (C=O) groups is 1. The van der Waals surface area contributed by atoms with Crippen LogP contribution in [0.5, 0.6) is 0 Å². The molecular formula is C22H24N6O. The molecule has 0 spiro atoms. The van der Waals surface area contributed by atoms with Crippen molar-refractivity contribution in [1.29, 1.82) is 0 Å². The normalized spacial score (nSPS) is 14.0. The van der Waals surface area contributed by atoms with E-state index < -0.39 is 0 Å². The first-order chi connectivity index (χ1) is 14.2. The number of nitrogens with one attached hydrogen (secondary N) is 1. The minimum atomic E-state index is -0.0846.